The minimum Gasteiger partial charge on any atom is -0.380 e. The topological polar surface area (TPSA) is 39.1 Å². The van der Waals surface area contributed by atoms with Crippen molar-refractivity contribution in [3.63, 3.8) is 0 Å². The van der Waals surface area contributed by atoms with E-state index in [1.807, 2.05) is 18.2 Å². The van der Waals surface area contributed by atoms with Crippen molar-refractivity contribution in [3.8, 4) is 6.07 Å². The third kappa shape index (κ3) is 2.77. The number of hydrogen-bond donors (Lipinski definition) is 1. The third-order valence-corrected chi connectivity index (χ3v) is 4.59. The maximum Gasteiger partial charge on any atom is 0.101 e. The van der Waals surface area contributed by atoms with Crippen molar-refractivity contribution < 1.29 is 0 Å². The van der Waals surface area contributed by atoms with Gasteiger partial charge in [-0.15, -0.1) is 0 Å². The molecule has 0 bridgehead atoms. The number of nitrogens with one attached hydrogen (secondary N) is 1. The molecule has 1 saturated heterocycles. The van der Waals surface area contributed by atoms with Crippen LogP contribution in [-0.4, -0.2) is 29.6 Å². The lowest BCUT2D eigenvalue weighted by atomic mass is 10.1. The standard InChI is InChI=1S/C15H18BrN3/c1-10-6-13(9-19(10)14-4-5-14)18-15-7-12(16)3-2-11(15)8-17/h2-3,7,10,13-14,18H,4-6,9H2,1H3. The fourth-order valence-electron chi connectivity index (χ4n) is 3.03. The molecule has 0 aromatic heterocycles. The Hall–Kier alpha value is -1.05. The van der Waals surface area contributed by atoms with Gasteiger partial charge in [0.1, 0.15) is 6.07 Å². The van der Waals surface area contributed by atoms with Crippen molar-refractivity contribution in [2.24, 2.45) is 0 Å². The number of nitriles is 1. The molecule has 2 atom stereocenters. The van der Waals surface area contributed by atoms with E-state index in [-0.39, 0.29) is 0 Å². The van der Waals surface area contributed by atoms with Crippen LogP contribution >= 0.6 is 15.9 Å². The summed E-state index contributed by atoms with van der Waals surface area (Å²) in [5.41, 5.74) is 1.67. The van der Waals surface area contributed by atoms with Gasteiger partial charge in [0.25, 0.3) is 0 Å². The molecule has 4 heteroatoms. The van der Waals surface area contributed by atoms with Gasteiger partial charge in [-0.3, -0.25) is 4.90 Å². The van der Waals surface area contributed by atoms with Gasteiger partial charge in [0, 0.05) is 29.1 Å². The predicted octanol–water partition coefficient (Wildman–Crippen LogP) is 3.36. The van der Waals surface area contributed by atoms with E-state index in [2.05, 4.69) is 39.1 Å². The molecule has 1 aliphatic carbocycles. The van der Waals surface area contributed by atoms with Gasteiger partial charge >= 0.3 is 0 Å². The van der Waals surface area contributed by atoms with Crippen LogP contribution in [0.2, 0.25) is 0 Å². The highest BCUT2D eigenvalue weighted by Gasteiger charge is 2.38. The lowest BCUT2D eigenvalue weighted by Crippen LogP contribution is -2.31. The van der Waals surface area contributed by atoms with Crippen molar-refractivity contribution in [2.45, 2.75) is 44.3 Å². The van der Waals surface area contributed by atoms with Gasteiger partial charge in [0.15, 0.2) is 0 Å². The smallest absolute Gasteiger partial charge is 0.101 e. The molecular formula is C15H18BrN3. The van der Waals surface area contributed by atoms with E-state index in [9.17, 15) is 0 Å². The summed E-state index contributed by atoms with van der Waals surface area (Å²) in [6, 6.07) is 9.97. The predicted molar refractivity (Wildman–Crippen MR) is 80.1 cm³/mol. The van der Waals surface area contributed by atoms with Crippen molar-refractivity contribution >= 4 is 21.6 Å². The number of benzene rings is 1. The molecule has 3 rings (SSSR count). The lowest BCUT2D eigenvalue weighted by molar-refractivity contribution is 0.257. The molecule has 1 saturated carbocycles. The molecule has 1 aromatic rings. The second-order valence-electron chi connectivity index (χ2n) is 5.66. The highest BCUT2D eigenvalue weighted by molar-refractivity contribution is 9.10. The van der Waals surface area contributed by atoms with E-state index in [0.717, 1.165) is 34.7 Å². The number of hydrogen-bond acceptors (Lipinski definition) is 3. The Morgan fingerprint density at radius 1 is 1.42 bits per heavy atom. The Balaban J connectivity index is 1.72. The molecule has 1 aromatic carbocycles. The minimum absolute atomic E-state index is 0.456. The quantitative estimate of drug-likeness (QED) is 0.928. The van der Waals surface area contributed by atoms with Crippen LogP contribution in [0, 0.1) is 11.3 Å². The number of halogens is 1. The van der Waals surface area contributed by atoms with Crippen LogP contribution in [0.15, 0.2) is 22.7 Å². The summed E-state index contributed by atoms with van der Waals surface area (Å²) in [6.45, 7) is 3.41. The first-order valence-corrected chi connectivity index (χ1v) is 7.68. The highest BCUT2D eigenvalue weighted by Crippen LogP contribution is 2.34. The van der Waals surface area contributed by atoms with E-state index in [4.69, 9.17) is 5.26 Å². The van der Waals surface area contributed by atoms with Crippen LogP contribution in [-0.2, 0) is 0 Å². The van der Waals surface area contributed by atoms with Crippen molar-refractivity contribution in [1.82, 2.24) is 4.90 Å². The largest absolute Gasteiger partial charge is 0.380 e. The first-order chi connectivity index (χ1) is 9.17. The monoisotopic (exact) mass is 319 g/mol. The Morgan fingerprint density at radius 2 is 2.21 bits per heavy atom. The Morgan fingerprint density at radius 3 is 2.89 bits per heavy atom. The van der Waals surface area contributed by atoms with Gasteiger partial charge in [0.05, 0.1) is 11.3 Å². The van der Waals surface area contributed by atoms with E-state index in [1.165, 1.54) is 12.8 Å². The van der Waals surface area contributed by atoms with Crippen LogP contribution in [0.25, 0.3) is 0 Å². The maximum absolute atomic E-state index is 9.17. The zero-order valence-electron chi connectivity index (χ0n) is 11.1. The van der Waals surface area contributed by atoms with Gasteiger partial charge in [0.2, 0.25) is 0 Å². The molecular weight excluding hydrogens is 302 g/mol. The maximum atomic E-state index is 9.17. The molecule has 0 amide bonds. The third-order valence-electron chi connectivity index (χ3n) is 4.10. The molecule has 100 valence electrons. The number of anilines is 1. The molecule has 2 unspecified atom stereocenters. The average molecular weight is 320 g/mol. The molecule has 3 nitrogen and oxygen atoms in total. The van der Waals surface area contributed by atoms with Gasteiger partial charge in [-0.05, 0) is 44.4 Å². The van der Waals surface area contributed by atoms with E-state index in [0.29, 0.717) is 12.1 Å². The first kappa shape index (κ1) is 13.0. The average Bonchev–Trinajstić information content (AvgIpc) is 3.15. The molecule has 2 fully saturated rings. The SMILES string of the molecule is CC1CC(Nc2cc(Br)ccc2C#N)CN1C1CC1. The van der Waals surface area contributed by atoms with E-state index in [1.54, 1.807) is 0 Å². The first-order valence-electron chi connectivity index (χ1n) is 6.89. The van der Waals surface area contributed by atoms with E-state index < -0.39 is 0 Å². The summed E-state index contributed by atoms with van der Waals surface area (Å²) < 4.78 is 1.01. The molecule has 19 heavy (non-hydrogen) atoms. The van der Waals surface area contributed by atoms with Crippen molar-refractivity contribution in [2.75, 3.05) is 11.9 Å². The lowest BCUT2D eigenvalue weighted by Gasteiger charge is -2.20. The number of nitrogens with zero attached hydrogens (tertiary/aromatic N) is 2. The van der Waals surface area contributed by atoms with Crippen LogP contribution in [0.5, 0.6) is 0 Å². The summed E-state index contributed by atoms with van der Waals surface area (Å²) >= 11 is 3.47. The summed E-state index contributed by atoms with van der Waals surface area (Å²) in [5.74, 6) is 0. The Labute approximate surface area is 122 Å². The van der Waals surface area contributed by atoms with Crippen LogP contribution in [0.4, 0.5) is 5.69 Å². The van der Waals surface area contributed by atoms with Gasteiger partial charge in [-0.1, -0.05) is 15.9 Å². The van der Waals surface area contributed by atoms with Gasteiger partial charge in [-0.2, -0.15) is 5.26 Å². The van der Waals surface area contributed by atoms with Crippen LogP contribution < -0.4 is 5.32 Å². The normalized spacial score (nSPS) is 27.2. The molecule has 1 N–H and O–H groups in total. The Bertz CT molecular complexity index is 519. The van der Waals surface area contributed by atoms with Crippen LogP contribution in [0.3, 0.4) is 0 Å². The highest BCUT2D eigenvalue weighted by atomic mass is 79.9. The summed E-state index contributed by atoms with van der Waals surface area (Å²) in [6.07, 6.45) is 3.88. The zero-order valence-corrected chi connectivity index (χ0v) is 12.7. The van der Waals surface area contributed by atoms with Crippen molar-refractivity contribution in [3.05, 3.63) is 28.2 Å². The second kappa shape index (κ2) is 5.15. The second-order valence-corrected chi connectivity index (χ2v) is 6.57. The Kier molecular flexibility index (Phi) is 3.51. The summed E-state index contributed by atoms with van der Waals surface area (Å²) in [7, 11) is 0. The van der Waals surface area contributed by atoms with Gasteiger partial charge in [-0.25, -0.2) is 0 Å². The zero-order chi connectivity index (χ0) is 13.4. The molecule has 1 heterocycles. The summed E-state index contributed by atoms with van der Waals surface area (Å²) in [5, 5.41) is 12.7. The molecule has 0 radical (unpaired) electrons. The molecule has 0 spiro atoms. The fraction of sp³-hybridized carbons (Fsp3) is 0.533. The van der Waals surface area contributed by atoms with Crippen LogP contribution in [0.1, 0.15) is 31.7 Å². The molecule has 2 aliphatic rings. The van der Waals surface area contributed by atoms with Gasteiger partial charge < -0.3 is 5.32 Å². The summed E-state index contributed by atoms with van der Waals surface area (Å²) in [4.78, 5) is 2.61. The van der Waals surface area contributed by atoms with Crippen molar-refractivity contribution in [1.29, 1.82) is 5.26 Å². The molecule has 1 aliphatic heterocycles. The van der Waals surface area contributed by atoms with E-state index >= 15 is 0 Å². The number of likely N-dealkylation sites (tertiary alicyclic amines) is 1. The minimum atomic E-state index is 0.456. The fourth-order valence-corrected chi connectivity index (χ4v) is 3.39. The number of rotatable bonds is 3.